The molecule has 1 aromatic heterocycles. The van der Waals surface area contributed by atoms with E-state index in [0.717, 1.165) is 30.6 Å². The topological polar surface area (TPSA) is 58.4 Å². The number of aryl methyl sites for hydroxylation is 2. The van der Waals surface area contributed by atoms with Gasteiger partial charge in [-0.15, -0.1) is 0 Å². The van der Waals surface area contributed by atoms with Crippen LogP contribution in [0, 0.1) is 0 Å². The molecule has 5 heteroatoms. The maximum absolute atomic E-state index is 11.1. The molecule has 1 N–H and O–H groups in total. The van der Waals surface area contributed by atoms with Gasteiger partial charge in [0.05, 0.1) is 5.69 Å². The van der Waals surface area contributed by atoms with Crippen molar-refractivity contribution in [3.8, 4) is 11.3 Å². The first-order chi connectivity index (χ1) is 9.58. The van der Waals surface area contributed by atoms with E-state index in [2.05, 4.69) is 23.1 Å². The maximum atomic E-state index is 11.1. The highest BCUT2D eigenvalue weighted by atomic mass is 16.4. The molecule has 0 spiro atoms. The molecular formula is C15H17N3O2. The van der Waals surface area contributed by atoms with E-state index >= 15 is 0 Å². The zero-order chi connectivity index (χ0) is 14.3. The van der Waals surface area contributed by atoms with Gasteiger partial charge < -0.3 is 10.0 Å². The molecular weight excluding hydrogens is 254 g/mol. The van der Waals surface area contributed by atoms with Crippen molar-refractivity contribution in [2.75, 3.05) is 18.5 Å². The minimum Gasteiger partial charge on any atom is -0.476 e. The predicted octanol–water partition coefficient (Wildman–Crippen LogP) is 2.17. The Hall–Kier alpha value is -2.30. The van der Waals surface area contributed by atoms with Gasteiger partial charge >= 0.3 is 5.97 Å². The molecule has 0 saturated carbocycles. The number of carboxylic acids is 1. The van der Waals surface area contributed by atoms with Crippen molar-refractivity contribution in [3.63, 3.8) is 0 Å². The summed E-state index contributed by atoms with van der Waals surface area (Å²) in [6.07, 6.45) is 2.22. The lowest BCUT2D eigenvalue weighted by Gasteiger charge is -2.29. The first kappa shape index (κ1) is 12.7. The highest BCUT2D eigenvalue weighted by Gasteiger charge is 2.21. The molecule has 0 saturated heterocycles. The number of hydrogen-bond donors (Lipinski definition) is 1. The molecule has 0 unspecified atom stereocenters. The number of rotatable bonds is 2. The van der Waals surface area contributed by atoms with Crippen LogP contribution in [0.5, 0.6) is 0 Å². The number of aromatic nitrogens is 2. The Morgan fingerprint density at radius 2 is 2.15 bits per heavy atom. The Bertz CT molecular complexity index is 676. The van der Waals surface area contributed by atoms with Gasteiger partial charge in [-0.1, -0.05) is 18.2 Å². The van der Waals surface area contributed by atoms with Crippen LogP contribution in [-0.4, -0.2) is 34.4 Å². The number of anilines is 1. The molecule has 1 aliphatic rings. The van der Waals surface area contributed by atoms with Crippen molar-refractivity contribution in [1.29, 1.82) is 0 Å². The number of carbonyl (C=O) groups is 1. The summed E-state index contributed by atoms with van der Waals surface area (Å²) < 4.78 is 1.64. The molecule has 2 heterocycles. The number of carboxylic acid groups (broad SMARTS) is 1. The Labute approximate surface area is 117 Å². The van der Waals surface area contributed by atoms with Gasteiger partial charge in [0.15, 0.2) is 5.69 Å². The third-order valence-corrected chi connectivity index (χ3v) is 3.82. The molecule has 0 atom stereocenters. The fourth-order valence-corrected chi connectivity index (χ4v) is 2.89. The minimum atomic E-state index is -0.995. The number of para-hydroxylation sites is 1. The van der Waals surface area contributed by atoms with Crippen LogP contribution in [0.25, 0.3) is 11.3 Å². The lowest BCUT2D eigenvalue weighted by atomic mass is 9.96. The summed E-state index contributed by atoms with van der Waals surface area (Å²) in [7, 11) is 3.86. The van der Waals surface area contributed by atoms with E-state index in [1.54, 1.807) is 17.8 Å². The summed E-state index contributed by atoms with van der Waals surface area (Å²) in [6, 6.07) is 7.84. The molecule has 0 aliphatic carbocycles. The summed E-state index contributed by atoms with van der Waals surface area (Å²) in [5.41, 5.74) is 4.48. The largest absolute Gasteiger partial charge is 0.476 e. The van der Waals surface area contributed by atoms with Crippen LogP contribution in [0.1, 0.15) is 22.5 Å². The molecule has 1 aliphatic heterocycles. The molecule has 20 heavy (non-hydrogen) atoms. The number of nitrogens with zero attached hydrogens (tertiary/aromatic N) is 3. The number of benzene rings is 1. The Kier molecular flexibility index (Phi) is 2.97. The Morgan fingerprint density at radius 1 is 1.35 bits per heavy atom. The van der Waals surface area contributed by atoms with E-state index in [4.69, 9.17) is 5.11 Å². The van der Waals surface area contributed by atoms with Gasteiger partial charge in [-0.05, 0) is 24.5 Å². The summed E-state index contributed by atoms with van der Waals surface area (Å²) in [6.45, 7) is 1.02. The quantitative estimate of drug-likeness (QED) is 0.909. The molecule has 3 rings (SSSR count). The number of fused-ring (bicyclic) bond motifs is 1. The summed E-state index contributed by atoms with van der Waals surface area (Å²) in [4.78, 5) is 13.3. The zero-order valence-corrected chi connectivity index (χ0v) is 11.6. The van der Waals surface area contributed by atoms with Gasteiger partial charge in [0.1, 0.15) is 0 Å². The Balaban J connectivity index is 2.18. The van der Waals surface area contributed by atoms with E-state index in [9.17, 15) is 4.79 Å². The fraction of sp³-hybridized carbons (Fsp3) is 0.333. The summed E-state index contributed by atoms with van der Waals surface area (Å²) >= 11 is 0. The van der Waals surface area contributed by atoms with Crippen molar-refractivity contribution < 1.29 is 9.90 Å². The monoisotopic (exact) mass is 271 g/mol. The second kappa shape index (κ2) is 4.67. The lowest BCUT2D eigenvalue weighted by molar-refractivity contribution is 0.0689. The highest BCUT2D eigenvalue weighted by molar-refractivity contribution is 5.88. The van der Waals surface area contributed by atoms with Gasteiger partial charge in [-0.3, -0.25) is 4.68 Å². The van der Waals surface area contributed by atoms with Crippen LogP contribution >= 0.6 is 0 Å². The molecule has 0 amide bonds. The van der Waals surface area contributed by atoms with E-state index < -0.39 is 5.97 Å². The van der Waals surface area contributed by atoms with E-state index in [-0.39, 0.29) is 5.69 Å². The van der Waals surface area contributed by atoms with Gasteiger partial charge in [0.2, 0.25) is 0 Å². The zero-order valence-electron chi connectivity index (χ0n) is 11.6. The third kappa shape index (κ3) is 1.95. The molecule has 1 aromatic carbocycles. The van der Waals surface area contributed by atoms with Gasteiger partial charge in [0.25, 0.3) is 0 Å². The summed E-state index contributed by atoms with van der Waals surface area (Å²) in [5, 5.41) is 13.1. The van der Waals surface area contributed by atoms with Crippen LogP contribution in [0.2, 0.25) is 0 Å². The van der Waals surface area contributed by atoms with Gasteiger partial charge in [0, 0.05) is 31.9 Å². The van der Waals surface area contributed by atoms with Crippen LogP contribution < -0.4 is 4.90 Å². The Morgan fingerprint density at radius 3 is 2.85 bits per heavy atom. The van der Waals surface area contributed by atoms with Crippen LogP contribution in [-0.2, 0) is 13.5 Å². The first-order valence-corrected chi connectivity index (χ1v) is 6.68. The maximum Gasteiger partial charge on any atom is 0.356 e. The summed E-state index contributed by atoms with van der Waals surface area (Å²) in [5.74, 6) is -0.995. The molecule has 104 valence electrons. The first-order valence-electron chi connectivity index (χ1n) is 6.68. The van der Waals surface area contributed by atoms with Crippen LogP contribution in [0.4, 0.5) is 5.69 Å². The third-order valence-electron chi connectivity index (χ3n) is 3.82. The average molecular weight is 271 g/mol. The van der Waals surface area contributed by atoms with Crippen molar-refractivity contribution in [2.24, 2.45) is 7.05 Å². The smallest absolute Gasteiger partial charge is 0.356 e. The standard InChI is InChI=1S/C15H17N3O2/c1-17-8-4-6-10-5-3-7-11(14(10)17)13-9-12(15(19)20)16-18(13)2/h3,5,7,9H,4,6,8H2,1-2H3,(H,19,20). The van der Waals surface area contributed by atoms with E-state index in [1.165, 1.54) is 11.3 Å². The molecule has 0 fully saturated rings. The van der Waals surface area contributed by atoms with E-state index in [0.29, 0.717) is 0 Å². The lowest BCUT2D eigenvalue weighted by Crippen LogP contribution is -2.25. The number of hydrogen-bond acceptors (Lipinski definition) is 3. The molecule has 0 bridgehead atoms. The van der Waals surface area contributed by atoms with Crippen molar-refractivity contribution >= 4 is 11.7 Å². The highest BCUT2D eigenvalue weighted by Crippen LogP contribution is 2.36. The van der Waals surface area contributed by atoms with Crippen LogP contribution in [0.15, 0.2) is 24.3 Å². The molecule has 0 radical (unpaired) electrons. The predicted molar refractivity (Wildman–Crippen MR) is 77.2 cm³/mol. The van der Waals surface area contributed by atoms with Gasteiger partial charge in [-0.25, -0.2) is 4.79 Å². The second-order valence-corrected chi connectivity index (χ2v) is 5.18. The average Bonchev–Trinajstić information content (AvgIpc) is 2.81. The fourth-order valence-electron chi connectivity index (χ4n) is 2.89. The van der Waals surface area contributed by atoms with Crippen molar-refractivity contribution in [3.05, 3.63) is 35.5 Å². The van der Waals surface area contributed by atoms with E-state index in [1.807, 2.05) is 12.1 Å². The molecule has 2 aromatic rings. The van der Waals surface area contributed by atoms with Crippen LogP contribution in [0.3, 0.4) is 0 Å². The molecule has 5 nitrogen and oxygen atoms in total. The van der Waals surface area contributed by atoms with Crippen molar-refractivity contribution in [2.45, 2.75) is 12.8 Å². The van der Waals surface area contributed by atoms with Gasteiger partial charge in [-0.2, -0.15) is 5.10 Å². The normalized spacial score (nSPS) is 14.2. The van der Waals surface area contributed by atoms with Crippen molar-refractivity contribution in [1.82, 2.24) is 9.78 Å². The minimum absolute atomic E-state index is 0.0820. The second-order valence-electron chi connectivity index (χ2n) is 5.18. The number of aromatic carboxylic acids is 1. The SMILES string of the molecule is CN1CCCc2cccc(-c3cc(C(=O)O)nn3C)c21.